The van der Waals surface area contributed by atoms with Gasteiger partial charge in [-0.25, -0.2) is 0 Å². The minimum Gasteiger partial charge on any atom is -0.357 e. The molecule has 0 atom stereocenters. The van der Waals surface area contributed by atoms with Crippen molar-refractivity contribution in [3.8, 4) is 0 Å². The van der Waals surface area contributed by atoms with Crippen LogP contribution in [0, 0.1) is 5.92 Å². The molecule has 1 amide bonds. The summed E-state index contributed by atoms with van der Waals surface area (Å²) < 4.78 is 1.73. The number of amides is 1. The van der Waals surface area contributed by atoms with Crippen LogP contribution < -0.4 is 10.2 Å². The summed E-state index contributed by atoms with van der Waals surface area (Å²) in [6, 6.07) is 4.35. The number of carbonyl (C=O) groups is 1. The highest BCUT2D eigenvalue weighted by atomic mass is 32.1. The third-order valence-electron chi connectivity index (χ3n) is 6.02. The number of piperidine rings is 1. The zero-order chi connectivity index (χ0) is 21.6. The minimum atomic E-state index is 0.0896. The highest BCUT2D eigenvalue weighted by Crippen LogP contribution is 2.21. The topological polar surface area (TPSA) is 69.0 Å². The normalized spacial score (nSPS) is 19.3. The van der Waals surface area contributed by atoms with Gasteiger partial charge < -0.3 is 15.1 Å². The van der Waals surface area contributed by atoms with Crippen molar-refractivity contribution in [2.45, 2.75) is 26.3 Å². The number of likely N-dealkylation sites (tertiary alicyclic amines) is 1. The molecule has 0 aliphatic carbocycles. The van der Waals surface area contributed by atoms with E-state index < -0.39 is 0 Å². The lowest BCUT2D eigenvalue weighted by molar-refractivity contribution is -0.120. The Morgan fingerprint density at radius 1 is 1.29 bits per heavy atom. The maximum Gasteiger partial charge on any atom is 0.246 e. The van der Waals surface area contributed by atoms with E-state index in [9.17, 15) is 4.79 Å². The molecule has 2 aromatic heterocycles. The Labute approximate surface area is 188 Å². The van der Waals surface area contributed by atoms with Crippen LogP contribution in [0.4, 0.5) is 5.69 Å². The molecular weight excluding hydrogens is 410 g/mol. The average Bonchev–Trinajstić information content (AvgIpc) is 3.44. The van der Waals surface area contributed by atoms with Crippen LogP contribution in [0.2, 0.25) is 0 Å². The molecule has 2 aliphatic heterocycles. The van der Waals surface area contributed by atoms with Gasteiger partial charge in [0.1, 0.15) is 6.54 Å². The standard InChI is InChI=1S/C22H33N7OS/c1-3-23-22(28-10-11-29(21(30)17-28)19-14-25-26(2)15-19)24-13-18-6-8-27(9-7-18)16-20-5-4-12-31-20/h4-5,12,14-15,18H,3,6-11,13,16-17H2,1-2H3,(H,23,24). The van der Waals surface area contributed by atoms with Crippen LogP contribution in [0.5, 0.6) is 0 Å². The summed E-state index contributed by atoms with van der Waals surface area (Å²) in [7, 11) is 1.87. The molecule has 4 rings (SSSR count). The summed E-state index contributed by atoms with van der Waals surface area (Å²) in [6.45, 7) is 8.81. The number of guanidine groups is 1. The van der Waals surface area contributed by atoms with Gasteiger partial charge in [-0.3, -0.25) is 19.4 Å². The number of anilines is 1. The smallest absolute Gasteiger partial charge is 0.246 e. The number of thiophene rings is 1. The number of nitrogens with one attached hydrogen (secondary N) is 1. The van der Waals surface area contributed by atoms with Gasteiger partial charge >= 0.3 is 0 Å². The summed E-state index contributed by atoms with van der Waals surface area (Å²) in [5.74, 6) is 1.56. The fourth-order valence-corrected chi connectivity index (χ4v) is 5.01. The van der Waals surface area contributed by atoms with Crippen LogP contribution in [0.15, 0.2) is 34.9 Å². The molecule has 0 unspecified atom stereocenters. The van der Waals surface area contributed by atoms with E-state index in [1.165, 1.54) is 17.7 Å². The number of aryl methyl sites for hydroxylation is 1. The van der Waals surface area contributed by atoms with Gasteiger partial charge in [0.05, 0.1) is 11.9 Å². The molecular formula is C22H33N7OS. The Morgan fingerprint density at radius 2 is 2.13 bits per heavy atom. The van der Waals surface area contributed by atoms with Crippen molar-refractivity contribution in [1.29, 1.82) is 0 Å². The van der Waals surface area contributed by atoms with Gasteiger partial charge in [-0.05, 0) is 50.2 Å². The quantitative estimate of drug-likeness (QED) is 0.546. The summed E-state index contributed by atoms with van der Waals surface area (Å²) in [5, 5.41) is 9.73. The second-order valence-corrected chi connectivity index (χ2v) is 9.36. The van der Waals surface area contributed by atoms with Crippen molar-refractivity contribution in [2.75, 3.05) is 50.7 Å². The predicted octanol–water partition coefficient (Wildman–Crippen LogP) is 2.01. The molecule has 0 radical (unpaired) electrons. The number of aromatic nitrogens is 2. The minimum absolute atomic E-state index is 0.0896. The van der Waals surface area contributed by atoms with Gasteiger partial charge in [0.2, 0.25) is 5.91 Å². The molecule has 2 saturated heterocycles. The number of nitrogens with zero attached hydrogens (tertiary/aromatic N) is 6. The number of hydrogen-bond acceptors (Lipinski definition) is 5. The van der Waals surface area contributed by atoms with Gasteiger partial charge in [0.15, 0.2) is 5.96 Å². The second-order valence-electron chi connectivity index (χ2n) is 8.33. The molecule has 0 aromatic carbocycles. The number of carbonyl (C=O) groups excluding carboxylic acids is 1. The Morgan fingerprint density at radius 3 is 2.77 bits per heavy atom. The molecule has 0 spiro atoms. The summed E-state index contributed by atoms with van der Waals surface area (Å²) >= 11 is 1.84. The Bertz CT molecular complexity index is 870. The van der Waals surface area contributed by atoms with E-state index in [0.29, 0.717) is 19.0 Å². The van der Waals surface area contributed by atoms with E-state index in [-0.39, 0.29) is 5.91 Å². The molecule has 2 aromatic rings. The van der Waals surface area contributed by atoms with Crippen molar-refractivity contribution in [3.63, 3.8) is 0 Å². The molecule has 9 heteroatoms. The Hall–Kier alpha value is -2.39. The highest BCUT2D eigenvalue weighted by molar-refractivity contribution is 7.09. The lowest BCUT2D eigenvalue weighted by Gasteiger charge is -2.36. The average molecular weight is 444 g/mol. The van der Waals surface area contributed by atoms with Gasteiger partial charge in [0.25, 0.3) is 0 Å². The van der Waals surface area contributed by atoms with Crippen molar-refractivity contribution in [3.05, 3.63) is 34.8 Å². The third-order valence-corrected chi connectivity index (χ3v) is 6.89. The first kappa shape index (κ1) is 21.8. The largest absolute Gasteiger partial charge is 0.357 e. The first-order valence-electron chi connectivity index (χ1n) is 11.2. The zero-order valence-corrected chi connectivity index (χ0v) is 19.4. The van der Waals surface area contributed by atoms with Crippen LogP contribution in [-0.4, -0.2) is 77.3 Å². The number of hydrogen-bond donors (Lipinski definition) is 1. The van der Waals surface area contributed by atoms with Crippen LogP contribution in [0.1, 0.15) is 24.6 Å². The molecule has 0 bridgehead atoms. The van der Waals surface area contributed by atoms with Gasteiger partial charge in [-0.1, -0.05) is 6.07 Å². The summed E-state index contributed by atoms with van der Waals surface area (Å²) in [6.07, 6.45) is 6.00. The highest BCUT2D eigenvalue weighted by Gasteiger charge is 2.28. The number of rotatable bonds is 6. The van der Waals surface area contributed by atoms with Crippen molar-refractivity contribution >= 4 is 28.9 Å². The maximum absolute atomic E-state index is 12.8. The third kappa shape index (κ3) is 5.65. The molecule has 168 valence electrons. The van der Waals surface area contributed by atoms with E-state index in [2.05, 4.69) is 44.7 Å². The van der Waals surface area contributed by atoms with Crippen LogP contribution in [0.25, 0.3) is 0 Å². The first-order valence-corrected chi connectivity index (χ1v) is 12.1. The second kappa shape index (κ2) is 10.3. The van der Waals surface area contributed by atoms with Crippen molar-refractivity contribution in [2.24, 2.45) is 18.0 Å². The van der Waals surface area contributed by atoms with Crippen LogP contribution >= 0.6 is 11.3 Å². The lowest BCUT2D eigenvalue weighted by atomic mass is 9.97. The fraction of sp³-hybridized carbons (Fsp3) is 0.591. The molecule has 0 saturated carbocycles. The monoisotopic (exact) mass is 443 g/mol. The number of aliphatic imine (C=N–C) groups is 1. The maximum atomic E-state index is 12.8. The van der Waals surface area contributed by atoms with E-state index in [1.54, 1.807) is 10.9 Å². The molecule has 8 nitrogen and oxygen atoms in total. The van der Waals surface area contributed by atoms with Gasteiger partial charge in [0, 0.05) is 50.8 Å². The molecule has 2 aliphatic rings. The van der Waals surface area contributed by atoms with E-state index in [0.717, 1.165) is 50.9 Å². The van der Waals surface area contributed by atoms with Gasteiger partial charge in [-0.15, -0.1) is 11.3 Å². The number of piperazine rings is 1. The molecule has 4 heterocycles. The van der Waals surface area contributed by atoms with Gasteiger partial charge in [-0.2, -0.15) is 5.10 Å². The van der Waals surface area contributed by atoms with E-state index in [4.69, 9.17) is 4.99 Å². The fourth-order valence-electron chi connectivity index (χ4n) is 4.27. The Kier molecular flexibility index (Phi) is 7.24. The molecule has 1 N–H and O–H groups in total. The summed E-state index contributed by atoms with van der Waals surface area (Å²) in [4.78, 5) is 25.6. The van der Waals surface area contributed by atoms with Crippen LogP contribution in [0.3, 0.4) is 0 Å². The first-order chi connectivity index (χ1) is 15.1. The van der Waals surface area contributed by atoms with Crippen LogP contribution in [-0.2, 0) is 18.4 Å². The van der Waals surface area contributed by atoms with E-state index in [1.807, 2.05) is 29.5 Å². The zero-order valence-electron chi connectivity index (χ0n) is 18.5. The van der Waals surface area contributed by atoms with Crippen molar-refractivity contribution < 1.29 is 4.79 Å². The predicted molar refractivity (Wildman–Crippen MR) is 125 cm³/mol. The molecule has 2 fully saturated rings. The van der Waals surface area contributed by atoms with E-state index >= 15 is 0 Å². The Balaban J connectivity index is 1.29. The lowest BCUT2D eigenvalue weighted by Crippen LogP contribution is -2.55. The molecule has 31 heavy (non-hydrogen) atoms. The summed E-state index contributed by atoms with van der Waals surface area (Å²) in [5.41, 5.74) is 0.864. The van der Waals surface area contributed by atoms with Crippen molar-refractivity contribution in [1.82, 2.24) is 24.9 Å². The SMILES string of the molecule is CCNC(=NCC1CCN(Cc2cccs2)CC1)N1CCN(c2cnn(C)c2)C(=O)C1.